The topological polar surface area (TPSA) is 29.9 Å². The van der Waals surface area contributed by atoms with E-state index in [9.17, 15) is 0 Å². The minimum absolute atomic E-state index is 0.299. The number of halogens is 1. The van der Waals surface area contributed by atoms with Gasteiger partial charge in [0.15, 0.2) is 0 Å². The van der Waals surface area contributed by atoms with E-state index in [-0.39, 0.29) is 0 Å². The molecule has 18 heavy (non-hydrogen) atoms. The van der Waals surface area contributed by atoms with Gasteiger partial charge in [-0.3, -0.25) is 4.68 Å². The zero-order valence-corrected chi connectivity index (χ0v) is 12.5. The molecule has 0 amide bonds. The molecule has 0 aliphatic heterocycles. The highest BCUT2D eigenvalue weighted by molar-refractivity contribution is 9.10. The first kappa shape index (κ1) is 13.3. The molecule has 0 aliphatic rings. The maximum atomic E-state index is 4.41. The molecule has 0 spiro atoms. The fraction of sp³-hybridized carbons (Fsp3) is 0.357. The van der Waals surface area contributed by atoms with Gasteiger partial charge in [0.1, 0.15) is 0 Å². The molecule has 3 nitrogen and oxygen atoms in total. The molecule has 0 aliphatic carbocycles. The van der Waals surface area contributed by atoms with Crippen LogP contribution in [0, 0.1) is 6.92 Å². The lowest BCUT2D eigenvalue weighted by atomic mass is 10.00. The number of hydrogen-bond acceptors (Lipinski definition) is 2. The highest BCUT2D eigenvalue weighted by Crippen LogP contribution is 2.22. The molecule has 1 heterocycles. The molecule has 96 valence electrons. The van der Waals surface area contributed by atoms with E-state index in [1.165, 1.54) is 11.1 Å². The minimum Gasteiger partial charge on any atom is -0.313 e. The lowest BCUT2D eigenvalue weighted by molar-refractivity contribution is 0.588. The van der Waals surface area contributed by atoms with Crippen molar-refractivity contribution in [2.75, 3.05) is 7.05 Å². The van der Waals surface area contributed by atoms with E-state index in [4.69, 9.17) is 0 Å². The molecule has 1 atom stereocenters. The van der Waals surface area contributed by atoms with Crippen molar-refractivity contribution in [2.24, 2.45) is 7.05 Å². The zero-order valence-electron chi connectivity index (χ0n) is 10.9. The summed E-state index contributed by atoms with van der Waals surface area (Å²) in [5.41, 5.74) is 3.67. The molecule has 0 radical (unpaired) electrons. The molecule has 2 rings (SSSR count). The van der Waals surface area contributed by atoms with Crippen molar-refractivity contribution >= 4 is 15.9 Å². The molecule has 1 aromatic carbocycles. The van der Waals surface area contributed by atoms with Gasteiger partial charge in [0.05, 0.1) is 5.69 Å². The van der Waals surface area contributed by atoms with Gasteiger partial charge in [-0.15, -0.1) is 0 Å². The summed E-state index contributed by atoms with van der Waals surface area (Å²) in [6.07, 6.45) is 3.05. The van der Waals surface area contributed by atoms with Gasteiger partial charge in [-0.2, -0.15) is 5.10 Å². The van der Waals surface area contributed by atoms with Gasteiger partial charge in [-0.1, -0.05) is 28.1 Å². The maximum absolute atomic E-state index is 4.41. The van der Waals surface area contributed by atoms with Crippen LogP contribution in [0.25, 0.3) is 0 Å². The number of benzene rings is 1. The molecule has 1 unspecified atom stereocenters. The molecule has 0 saturated carbocycles. The standard InChI is InChI=1S/C14H18BrN3/c1-10-13(9-18(3)17-10)14(16-2)8-11-5-4-6-12(15)7-11/h4-7,9,14,16H,8H2,1-3H3. The summed E-state index contributed by atoms with van der Waals surface area (Å²) in [5, 5.41) is 7.78. The number of aryl methyl sites for hydroxylation is 2. The third-order valence-electron chi connectivity index (χ3n) is 3.10. The van der Waals surface area contributed by atoms with Crippen molar-refractivity contribution in [3.8, 4) is 0 Å². The zero-order chi connectivity index (χ0) is 13.1. The van der Waals surface area contributed by atoms with E-state index in [0.29, 0.717) is 6.04 Å². The number of rotatable bonds is 4. The van der Waals surface area contributed by atoms with Gasteiger partial charge in [0.25, 0.3) is 0 Å². The molecule has 1 aromatic heterocycles. The summed E-state index contributed by atoms with van der Waals surface area (Å²) in [6.45, 7) is 2.06. The smallest absolute Gasteiger partial charge is 0.0641 e. The van der Waals surface area contributed by atoms with Crippen LogP contribution in [0.2, 0.25) is 0 Å². The summed E-state index contributed by atoms with van der Waals surface area (Å²) in [6, 6.07) is 8.74. The van der Waals surface area contributed by atoms with Crippen LogP contribution in [0.1, 0.15) is 22.9 Å². The van der Waals surface area contributed by atoms with Gasteiger partial charge in [-0.25, -0.2) is 0 Å². The van der Waals surface area contributed by atoms with Crippen LogP contribution < -0.4 is 5.32 Å². The monoisotopic (exact) mass is 307 g/mol. The summed E-state index contributed by atoms with van der Waals surface area (Å²) in [5.74, 6) is 0. The fourth-order valence-corrected chi connectivity index (χ4v) is 2.67. The number of nitrogens with zero attached hydrogens (tertiary/aromatic N) is 2. The second-order valence-electron chi connectivity index (χ2n) is 4.52. The maximum Gasteiger partial charge on any atom is 0.0641 e. The lowest BCUT2D eigenvalue weighted by Gasteiger charge is -2.15. The quantitative estimate of drug-likeness (QED) is 0.941. The first-order chi connectivity index (χ1) is 8.60. The average Bonchev–Trinajstić information content (AvgIpc) is 2.65. The van der Waals surface area contributed by atoms with Crippen LogP contribution in [0.15, 0.2) is 34.9 Å². The van der Waals surface area contributed by atoms with Crippen LogP contribution in [-0.2, 0) is 13.5 Å². The Kier molecular flexibility index (Phi) is 4.19. The second-order valence-corrected chi connectivity index (χ2v) is 5.43. The Hall–Kier alpha value is -1.13. The predicted molar refractivity (Wildman–Crippen MR) is 77.6 cm³/mol. The van der Waals surface area contributed by atoms with Crippen molar-refractivity contribution < 1.29 is 0 Å². The highest BCUT2D eigenvalue weighted by atomic mass is 79.9. The van der Waals surface area contributed by atoms with Crippen molar-refractivity contribution in [3.05, 3.63) is 51.8 Å². The van der Waals surface area contributed by atoms with Crippen molar-refractivity contribution in [1.82, 2.24) is 15.1 Å². The van der Waals surface area contributed by atoms with Gasteiger partial charge < -0.3 is 5.32 Å². The first-order valence-corrected chi connectivity index (χ1v) is 6.81. The first-order valence-electron chi connectivity index (χ1n) is 6.02. The molecular formula is C14H18BrN3. The number of likely N-dealkylation sites (N-methyl/N-ethyl adjacent to an activating group) is 1. The van der Waals surface area contributed by atoms with Crippen LogP contribution >= 0.6 is 15.9 Å². The normalized spacial score (nSPS) is 12.7. The number of aromatic nitrogens is 2. The Morgan fingerprint density at radius 1 is 1.44 bits per heavy atom. The van der Waals surface area contributed by atoms with E-state index < -0.39 is 0 Å². The largest absolute Gasteiger partial charge is 0.313 e. The van der Waals surface area contributed by atoms with Gasteiger partial charge in [0.2, 0.25) is 0 Å². The second kappa shape index (κ2) is 5.67. The molecule has 0 saturated heterocycles. The van der Waals surface area contributed by atoms with Gasteiger partial charge in [0, 0.05) is 29.3 Å². The lowest BCUT2D eigenvalue weighted by Crippen LogP contribution is -2.19. The Bertz CT molecular complexity index is 534. The van der Waals surface area contributed by atoms with Crippen molar-refractivity contribution in [2.45, 2.75) is 19.4 Å². The van der Waals surface area contributed by atoms with Crippen LogP contribution in [-0.4, -0.2) is 16.8 Å². The summed E-state index contributed by atoms with van der Waals surface area (Å²) in [7, 11) is 3.96. The van der Waals surface area contributed by atoms with E-state index in [0.717, 1.165) is 16.6 Å². The molecular weight excluding hydrogens is 290 g/mol. The van der Waals surface area contributed by atoms with E-state index in [2.05, 4.69) is 57.7 Å². The van der Waals surface area contributed by atoms with Gasteiger partial charge >= 0.3 is 0 Å². The van der Waals surface area contributed by atoms with Crippen molar-refractivity contribution in [3.63, 3.8) is 0 Å². The number of hydrogen-bond donors (Lipinski definition) is 1. The van der Waals surface area contributed by atoms with E-state index in [1.54, 1.807) is 0 Å². The van der Waals surface area contributed by atoms with Crippen LogP contribution in [0.5, 0.6) is 0 Å². The van der Waals surface area contributed by atoms with E-state index in [1.807, 2.05) is 24.8 Å². The summed E-state index contributed by atoms with van der Waals surface area (Å²) >= 11 is 3.51. The Balaban J connectivity index is 2.22. The fourth-order valence-electron chi connectivity index (χ4n) is 2.23. The summed E-state index contributed by atoms with van der Waals surface area (Å²) in [4.78, 5) is 0. The van der Waals surface area contributed by atoms with Crippen LogP contribution in [0.3, 0.4) is 0 Å². The predicted octanol–water partition coefficient (Wildman–Crippen LogP) is 2.99. The SMILES string of the molecule is CNC(Cc1cccc(Br)c1)c1cn(C)nc1C. The third-order valence-corrected chi connectivity index (χ3v) is 3.60. The molecule has 0 bridgehead atoms. The summed E-state index contributed by atoms with van der Waals surface area (Å²) < 4.78 is 2.99. The molecule has 0 fully saturated rings. The molecule has 1 N–H and O–H groups in total. The van der Waals surface area contributed by atoms with Gasteiger partial charge in [-0.05, 0) is 38.1 Å². The third kappa shape index (κ3) is 3.00. The van der Waals surface area contributed by atoms with Crippen molar-refractivity contribution in [1.29, 1.82) is 0 Å². The Morgan fingerprint density at radius 2 is 2.22 bits per heavy atom. The number of nitrogens with one attached hydrogen (secondary N) is 1. The molecule has 2 aromatic rings. The average molecular weight is 308 g/mol. The Morgan fingerprint density at radius 3 is 2.78 bits per heavy atom. The highest BCUT2D eigenvalue weighted by Gasteiger charge is 2.15. The molecule has 4 heteroatoms. The van der Waals surface area contributed by atoms with Crippen LogP contribution in [0.4, 0.5) is 0 Å². The minimum atomic E-state index is 0.299. The Labute approximate surface area is 116 Å². The van der Waals surface area contributed by atoms with E-state index >= 15 is 0 Å².